The maximum absolute atomic E-state index is 13.8. The zero-order valence-corrected chi connectivity index (χ0v) is 32.6. The van der Waals surface area contributed by atoms with Gasteiger partial charge in [-0.1, -0.05) is 139 Å². The fraction of sp³-hybridized carbons (Fsp3) is 0.167. The molecule has 57 heavy (non-hydrogen) atoms. The number of rotatable bonds is 12. The number of carbonyl (C=O) groups is 2. The number of ether oxygens (including phenoxy) is 1. The number of nitrogens with zero attached hydrogens (tertiary/aromatic N) is 4. The molecule has 0 saturated heterocycles. The van der Waals surface area contributed by atoms with Gasteiger partial charge in [-0.15, -0.1) is 0 Å². The minimum atomic E-state index is -0.769. The Morgan fingerprint density at radius 3 is 1.84 bits per heavy atom. The van der Waals surface area contributed by atoms with Crippen LogP contribution >= 0.6 is 0 Å². The van der Waals surface area contributed by atoms with E-state index in [9.17, 15) is 9.59 Å². The monoisotopic (exact) mass is 754 g/mol. The first-order valence-electron chi connectivity index (χ1n) is 19.0. The van der Waals surface area contributed by atoms with Crippen LogP contribution in [0, 0.1) is 6.92 Å². The lowest BCUT2D eigenvalue weighted by molar-refractivity contribution is 0.0577. The molecule has 5 aromatic carbocycles. The number of amides is 2. The number of carbonyl (C=O) groups excluding carboxylic acids is 2. The smallest absolute Gasteiger partial charge is 0.416 e. The molecule has 9 nitrogen and oxygen atoms in total. The van der Waals surface area contributed by atoms with Crippen LogP contribution in [0.2, 0.25) is 0 Å². The quantitative estimate of drug-likeness (QED) is 0.120. The first kappa shape index (κ1) is 38.3. The van der Waals surface area contributed by atoms with Crippen molar-refractivity contribution in [1.29, 1.82) is 0 Å². The molecule has 2 amide bonds. The van der Waals surface area contributed by atoms with Crippen molar-refractivity contribution in [3.8, 4) is 11.1 Å². The van der Waals surface area contributed by atoms with Crippen LogP contribution < -0.4 is 15.5 Å². The van der Waals surface area contributed by atoms with Crippen LogP contribution in [0.3, 0.4) is 0 Å². The average molecular weight is 755 g/mol. The minimum absolute atomic E-state index is 0.197. The van der Waals surface area contributed by atoms with E-state index in [1.807, 2.05) is 136 Å². The zero-order chi connectivity index (χ0) is 39.8. The molecular weight excluding hydrogens is 709 g/mol. The van der Waals surface area contributed by atoms with Gasteiger partial charge in [0.25, 0.3) is 5.91 Å². The summed E-state index contributed by atoms with van der Waals surface area (Å²) in [6, 6.07) is 52.0. The van der Waals surface area contributed by atoms with E-state index in [-0.39, 0.29) is 12.5 Å². The molecule has 0 aliphatic heterocycles. The Labute approximate surface area is 334 Å². The number of anilines is 3. The molecular formula is C48H46N6O3. The molecule has 0 radical (unpaired) electrons. The van der Waals surface area contributed by atoms with Gasteiger partial charge in [0, 0.05) is 11.6 Å². The summed E-state index contributed by atoms with van der Waals surface area (Å²) in [5.74, 6) is 0.866. The number of hydrogen-bond donors (Lipinski definition) is 2. The minimum Gasteiger partial charge on any atom is -0.443 e. The number of hydrogen-bond acceptors (Lipinski definition) is 6. The van der Waals surface area contributed by atoms with Gasteiger partial charge in [-0.3, -0.25) is 9.69 Å². The highest BCUT2D eigenvalue weighted by atomic mass is 16.6. The molecule has 7 rings (SSSR count). The van der Waals surface area contributed by atoms with Crippen molar-refractivity contribution in [3.05, 3.63) is 198 Å². The summed E-state index contributed by atoms with van der Waals surface area (Å²) in [6.07, 6.45) is 2.75. The van der Waals surface area contributed by atoms with E-state index in [0.29, 0.717) is 23.6 Å². The maximum Gasteiger partial charge on any atom is 0.416 e. The summed E-state index contributed by atoms with van der Waals surface area (Å²) in [5, 5.41) is 11.6. The molecule has 0 atom stereocenters. The van der Waals surface area contributed by atoms with E-state index < -0.39 is 17.2 Å². The molecule has 0 aliphatic rings. The highest BCUT2D eigenvalue weighted by molar-refractivity contribution is 6.08. The number of aryl methyl sites for hydroxylation is 1. The van der Waals surface area contributed by atoms with Crippen LogP contribution in [-0.4, -0.2) is 38.9 Å². The van der Waals surface area contributed by atoms with Crippen LogP contribution in [0.15, 0.2) is 170 Å². The highest BCUT2D eigenvalue weighted by Crippen LogP contribution is 2.40. The van der Waals surface area contributed by atoms with E-state index in [4.69, 9.17) is 9.84 Å². The molecule has 0 fully saturated rings. The second-order valence-corrected chi connectivity index (χ2v) is 14.8. The predicted molar refractivity (Wildman–Crippen MR) is 227 cm³/mol. The normalized spacial score (nSPS) is 11.4. The van der Waals surface area contributed by atoms with Crippen LogP contribution in [0.1, 0.15) is 53.4 Å². The van der Waals surface area contributed by atoms with Gasteiger partial charge in [-0.25, -0.2) is 14.5 Å². The van der Waals surface area contributed by atoms with E-state index in [0.717, 1.165) is 39.2 Å². The van der Waals surface area contributed by atoms with Crippen molar-refractivity contribution in [1.82, 2.24) is 14.8 Å². The SMILES string of the molecule is Cc1ccc(-c2ccccc2C(=O)Nc2ccc(N(CCn3nccc3NC(c3ccccc3)(c3ccccc3)c3ccccc3)C(=O)OC(C)(C)C)nc2)cc1. The summed E-state index contributed by atoms with van der Waals surface area (Å²) in [7, 11) is 0. The lowest BCUT2D eigenvalue weighted by Crippen LogP contribution is -2.40. The van der Waals surface area contributed by atoms with Crippen molar-refractivity contribution < 1.29 is 14.3 Å². The molecule has 2 heterocycles. The molecule has 2 N–H and O–H groups in total. The molecule has 9 heteroatoms. The number of nitrogens with one attached hydrogen (secondary N) is 2. The van der Waals surface area contributed by atoms with Crippen molar-refractivity contribution in [2.45, 2.75) is 45.4 Å². The molecule has 0 aliphatic carbocycles. The molecule has 0 spiro atoms. The Morgan fingerprint density at radius 1 is 0.702 bits per heavy atom. The molecule has 0 bridgehead atoms. The van der Waals surface area contributed by atoms with Gasteiger partial charge in [0.05, 0.1) is 31.2 Å². The Balaban J connectivity index is 1.15. The van der Waals surface area contributed by atoms with Crippen LogP contribution in [-0.2, 0) is 16.8 Å². The topological polar surface area (TPSA) is 101 Å². The lowest BCUT2D eigenvalue weighted by Gasteiger charge is -2.38. The summed E-state index contributed by atoms with van der Waals surface area (Å²) >= 11 is 0. The summed E-state index contributed by atoms with van der Waals surface area (Å²) in [4.78, 5) is 33.5. The summed E-state index contributed by atoms with van der Waals surface area (Å²) in [6.45, 7) is 8.03. The van der Waals surface area contributed by atoms with Crippen LogP contribution in [0.25, 0.3) is 11.1 Å². The van der Waals surface area contributed by atoms with Gasteiger partial charge in [0.2, 0.25) is 0 Å². The van der Waals surface area contributed by atoms with E-state index >= 15 is 0 Å². The second kappa shape index (κ2) is 16.8. The van der Waals surface area contributed by atoms with Gasteiger partial charge in [-0.05, 0) is 73.7 Å². The molecule has 2 aromatic heterocycles. The van der Waals surface area contributed by atoms with Crippen LogP contribution in [0.4, 0.5) is 22.1 Å². The molecule has 286 valence electrons. The number of benzene rings is 5. The highest BCUT2D eigenvalue weighted by Gasteiger charge is 2.37. The Bertz CT molecular complexity index is 2310. The van der Waals surface area contributed by atoms with Crippen LogP contribution in [0.5, 0.6) is 0 Å². The van der Waals surface area contributed by atoms with E-state index in [2.05, 4.69) is 52.0 Å². The van der Waals surface area contributed by atoms with Gasteiger partial charge < -0.3 is 15.4 Å². The second-order valence-electron chi connectivity index (χ2n) is 14.8. The number of aromatic nitrogens is 3. The Kier molecular flexibility index (Phi) is 11.3. The first-order chi connectivity index (χ1) is 27.6. The van der Waals surface area contributed by atoms with Gasteiger partial charge in [0.15, 0.2) is 0 Å². The van der Waals surface area contributed by atoms with Gasteiger partial charge in [0.1, 0.15) is 22.8 Å². The predicted octanol–water partition coefficient (Wildman–Crippen LogP) is 10.4. The average Bonchev–Trinajstić information content (AvgIpc) is 3.67. The fourth-order valence-corrected chi connectivity index (χ4v) is 6.89. The molecule has 7 aromatic rings. The lowest BCUT2D eigenvalue weighted by atomic mass is 9.77. The third-order valence-corrected chi connectivity index (χ3v) is 9.62. The first-order valence-corrected chi connectivity index (χ1v) is 19.0. The van der Waals surface area contributed by atoms with Crippen molar-refractivity contribution in [2.75, 3.05) is 22.1 Å². The third-order valence-electron chi connectivity index (χ3n) is 9.62. The molecule has 0 unspecified atom stereocenters. The van der Waals surface area contributed by atoms with Gasteiger partial charge >= 0.3 is 6.09 Å². The van der Waals surface area contributed by atoms with Gasteiger partial charge in [-0.2, -0.15) is 5.10 Å². The van der Waals surface area contributed by atoms with Crippen molar-refractivity contribution in [2.24, 2.45) is 0 Å². The number of pyridine rings is 1. The fourth-order valence-electron chi connectivity index (χ4n) is 6.89. The standard InChI is InChI=1S/C48H46N6O3/c1-35-24-26-36(27-25-35)41-22-14-15-23-42(41)45(55)51-40-28-29-43(49-34-40)53(46(56)57-47(2,3)4)32-33-54-44(30-31-50-54)52-48(37-16-8-5-9-17-37,38-18-10-6-11-19-38)39-20-12-7-13-21-39/h5-31,34,52H,32-33H2,1-4H3,(H,51,55). The largest absolute Gasteiger partial charge is 0.443 e. The zero-order valence-electron chi connectivity index (χ0n) is 32.6. The summed E-state index contributed by atoms with van der Waals surface area (Å²) < 4.78 is 7.70. The maximum atomic E-state index is 13.8. The van der Waals surface area contributed by atoms with Crippen molar-refractivity contribution >= 4 is 29.3 Å². The Hall–Kier alpha value is -7.00. The molecule has 0 saturated carbocycles. The Morgan fingerprint density at radius 2 is 1.28 bits per heavy atom. The third kappa shape index (κ3) is 8.79. The van der Waals surface area contributed by atoms with E-state index in [1.165, 1.54) is 4.90 Å². The van der Waals surface area contributed by atoms with Crippen molar-refractivity contribution in [3.63, 3.8) is 0 Å². The summed E-state index contributed by atoms with van der Waals surface area (Å²) in [5.41, 5.74) is 5.62. The van der Waals surface area contributed by atoms with E-state index in [1.54, 1.807) is 30.6 Å².